The predicted octanol–water partition coefficient (Wildman–Crippen LogP) is 5.89. The third kappa shape index (κ3) is 23.3. The zero-order valence-corrected chi connectivity index (χ0v) is 33.2. The highest BCUT2D eigenvalue weighted by atomic mass is 16.7. The van der Waals surface area contributed by atoms with Crippen LogP contribution in [0.2, 0.25) is 0 Å². The Labute approximate surface area is 321 Å². The highest BCUT2D eigenvalue weighted by Crippen LogP contribution is 2.23. The van der Waals surface area contributed by atoms with E-state index in [1.807, 2.05) is 0 Å². The largest absolute Gasteiger partial charge is 0.394 e. The first kappa shape index (κ1) is 49.6. The summed E-state index contributed by atoms with van der Waals surface area (Å²) < 4.78 is 11.0. The Balaban J connectivity index is 2.55. The van der Waals surface area contributed by atoms with Gasteiger partial charge < -0.3 is 50.5 Å². The van der Waals surface area contributed by atoms with Crippen LogP contribution in [-0.2, 0) is 14.3 Å². The molecule has 9 unspecified atom stereocenters. The zero-order chi connectivity index (χ0) is 39.1. The van der Waals surface area contributed by atoms with Gasteiger partial charge in [0.05, 0.1) is 25.4 Å². The second kappa shape index (κ2) is 32.8. The molecule has 0 spiro atoms. The Kier molecular flexibility index (Phi) is 30.7. The number of aliphatic hydroxyl groups excluding tert-OH is 7. The monoisotopic (exact) mass is 758 g/mol. The Morgan fingerprint density at radius 3 is 1.68 bits per heavy atom. The number of rotatable bonds is 34. The maximum Gasteiger partial charge on any atom is 0.249 e. The highest BCUT2D eigenvalue weighted by Gasteiger charge is 2.44. The van der Waals surface area contributed by atoms with Crippen molar-refractivity contribution in [3.8, 4) is 0 Å². The molecule has 1 aliphatic rings. The first-order valence-electron chi connectivity index (χ1n) is 21.2. The van der Waals surface area contributed by atoms with E-state index in [4.69, 9.17) is 9.47 Å². The van der Waals surface area contributed by atoms with Gasteiger partial charge in [0.25, 0.3) is 0 Å². The maximum absolute atomic E-state index is 13.0. The summed E-state index contributed by atoms with van der Waals surface area (Å²) in [5.74, 6) is -0.714. The summed E-state index contributed by atoms with van der Waals surface area (Å²) in [7, 11) is 0. The molecular weight excluding hydrogens is 678 g/mol. The Morgan fingerprint density at radius 1 is 0.642 bits per heavy atom. The van der Waals surface area contributed by atoms with E-state index >= 15 is 0 Å². The number of carbonyl (C=O) groups excluding carboxylic acids is 1. The highest BCUT2D eigenvalue weighted by molar-refractivity contribution is 5.80. The van der Waals surface area contributed by atoms with Gasteiger partial charge in [-0.05, 0) is 51.4 Å². The normalized spacial score (nSPS) is 23.1. The fourth-order valence-electron chi connectivity index (χ4n) is 6.63. The number of carbonyl (C=O) groups is 1. The number of aliphatic hydroxyl groups is 7. The van der Waals surface area contributed by atoms with Crippen molar-refractivity contribution in [2.75, 3.05) is 13.2 Å². The van der Waals surface area contributed by atoms with Gasteiger partial charge in [0, 0.05) is 0 Å². The van der Waals surface area contributed by atoms with Crippen LogP contribution in [0, 0.1) is 0 Å². The number of unbranched alkanes of at least 4 members (excludes halogenated alkanes) is 18. The lowest BCUT2D eigenvalue weighted by atomic mass is 9.98. The summed E-state index contributed by atoms with van der Waals surface area (Å²) in [5.41, 5.74) is 0. The number of nitrogens with one attached hydrogen (secondary N) is 1. The van der Waals surface area contributed by atoms with E-state index in [9.17, 15) is 40.5 Å². The summed E-state index contributed by atoms with van der Waals surface area (Å²) in [5, 5.41) is 75.3. The molecule has 0 radical (unpaired) electrons. The lowest BCUT2D eigenvalue weighted by Crippen LogP contribution is -2.60. The molecule has 1 aliphatic heterocycles. The third-order valence-electron chi connectivity index (χ3n) is 10.2. The Hall–Kier alpha value is -1.41. The molecule has 0 aromatic heterocycles. The van der Waals surface area contributed by atoms with Crippen molar-refractivity contribution in [1.29, 1.82) is 0 Å². The number of hydrogen-bond donors (Lipinski definition) is 8. The molecule has 11 nitrogen and oxygen atoms in total. The van der Waals surface area contributed by atoms with Gasteiger partial charge in [-0.15, -0.1) is 0 Å². The molecule has 1 fully saturated rings. The van der Waals surface area contributed by atoms with E-state index in [2.05, 4.69) is 43.5 Å². The minimum Gasteiger partial charge on any atom is -0.394 e. The first-order chi connectivity index (χ1) is 25.7. The molecule has 8 N–H and O–H groups in total. The number of allylic oxidation sites excluding steroid dienone is 4. The lowest BCUT2D eigenvalue weighted by Gasteiger charge is -2.40. The first-order valence-corrected chi connectivity index (χ1v) is 21.2. The van der Waals surface area contributed by atoms with E-state index in [0.717, 1.165) is 38.5 Å². The molecule has 0 aliphatic carbocycles. The summed E-state index contributed by atoms with van der Waals surface area (Å²) in [6, 6.07) is -1.18. The second-order valence-corrected chi connectivity index (χ2v) is 15.1. The summed E-state index contributed by atoms with van der Waals surface area (Å²) in [4.78, 5) is 13.0. The van der Waals surface area contributed by atoms with Crippen LogP contribution in [0.4, 0.5) is 0 Å². The van der Waals surface area contributed by atoms with E-state index in [0.29, 0.717) is 19.3 Å². The quantitative estimate of drug-likeness (QED) is 0.0291. The van der Waals surface area contributed by atoms with Crippen molar-refractivity contribution >= 4 is 5.91 Å². The Bertz CT molecular complexity index is 918. The van der Waals surface area contributed by atoms with Gasteiger partial charge >= 0.3 is 0 Å². The summed E-state index contributed by atoms with van der Waals surface area (Å²) >= 11 is 0. The van der Waals surface area contributed by atoms with Crippen LogP contribution in [0.5, 0.6) is 0 Å². The van der Waals surface area contributed by atoms with Crippen LogP contribution in [0.25, 0.3) is 0 Å². The third-order valence-corrected chi connectivity index (χ3v) is 10.2. The lowest BCUT2D eigenvalue weighted by molar-refractivity contribution is -0.303. The van der Waals surface area contributed by atoms with Crippen LogP contribution in [0.15, 0.2) is 24.3 Å². The van der Waals surface area contributed by atoms with Crippen LogP contribution >= 0.6 is 0 Å². The van der Waals surface area contributed by atoms with E-state index in [-0.39, 0.29) is 12.8 Å². The summed E-state index contributed by atoms with van der Waals surface area (Å²) in [6.45, 7) is 3.37. The standard InChI is InChI=1S/C42H79NO10/c1-3-5-7-9-11-13-15-16-17-18-19-20-22-23-25-27-29-34(45)37(47)33(32-52-42-40(50)39(49)38(48)36(31-44)53-42)43-41(51)35(46)30-28-26-24-21-14-12-10-8-6-4-2/h17-18,22-23,33-40,42,44-50H,3-16,19-21,24-32H2,1-2H3,(H,43,51)/b18-17+,23-22+. The van der Waals surface area contributed by atoms with Gasteiger partial charge in [0.2, 0.25) is 5.91 Å². The fraction of sp³-hybridized carbons (Fsp3) is 0.881. The van der Waals surface area contributed by atoms with Gasteiger partial charge in [0.1, 0.15) is 36.6 Å². The molecule has 9 atom stereocenters. The molecule has 0 bridgehead atoms. The molecule has 312 valence electrons. The molecule has 53 heavy (non-hydrogen) atoms. The molecule has 1 heterocycles. The average molecular weight is 758 g/mol. The Morgan fingerprint density at radius 2 is 1.13 bits per heavy atom. The minimum absolute atomic E-state index is 0.247. The van der Waals surface area contributed by atoms with Crippen LogP contribution in [0.1, 0.15) is 168 Å². The minimum atomic E-state index is -1.67. The van der Waals surface area contributed by atoms with Gasteiger partial charge in [-0.3, -0.25) is 4.79 Å². The van der Waals surface area contributed by atoms with Crippen LogP contribution in [0.3, 0.4) is 0 Å². The van der Waals surface area contributed by atoms with Crippen LogP contribution < -0.4 is 5.32 Å². The predicted molar refractivity (Wildman–Crippen MR) is 210 cm³/mol. The number of hydrogen-bond acceptors (Lipinski definition) is 10. The average Bonchev–Trinajstić information content (AvgIpc) is 3.16. The van der Waals surface area contributed by atoms with E-state index in [1.165, 1.54) is 83.5 Å². The van der Waals surface area contributed by atoms with Gasteiger partial charge in [-0.2, -0.15) is 0 Å². The topological polar surface area (TPSA) is 189 Å². The number of amides is 1. The smallest absolute Gasteiger partial charge is 0.249 e. The summed E-state index contributed by atoms with van der Waals surface area (Å²) in [6.07, 6.45) is 22.4. The van der Waals surface area contributed by atoms with Crippen molar-refractivity contribution in [2.24, 2.45) is 0 Å². The molecule has 0 saturated carbocycles. The fourth-order valence-corrected chi connectivity index (χ4v) is 6.63. The SMILES string of the molecule is CCCCCCCCC/C=C/CC/C=C/CCCC(O)C(O)C(COC1OC(CO)C(O)C(O)C1O)NC(=O)C(O)CCCCCCCCCCCC. The van der Waals surface area contributed by atoms with E-state index < -0.39 is 74.2 Å². The van der Waals surface area contributed by atoms with E-state index in [1.54, 1.807) is 0 Å². The van der Waals surface area contributed by atoms with Crippen LogP contribution in [-0.4, -0.2) is 110 Å². The van der Waals surface area contributed by atoms with Crippen molar-refractivity contribution in [1.82, 2.24) is 5.32 Å². The molecule has 1 saturated heterocycles. The maximum atomic E-state index is 13.0. The van der Waals surface area contributed by atoms with Gasteiger partial charge in [0.15, 0.2) is 6.29 Å². The van der Waals surface area contributed by atoms with Crippen molar-refractivity contribution in [2.45, 2.75) is 223 Å². The molecule has 1 amide bonds. The second-order valence-electron chi connectivity index (χ2n) is 15.1. The molecule has 0 aromatic rings. The van der Waals surface area contributed by atoms with Crippen molar-refractivity contribution in [3.63, 3.8) is 0 Å². The van der Waals surface area contributed by atoms with Crippen molar-refractivity contribution in [3.05, 3.63) is 24.3 Å². The van der Waals surface area contributed by atoms with Crippen molar-refractivity contribution < 1.29 is 50.0 Å². The zero-order valence-electron chi connectivity index (χ0n) is 33.2. The molecule has 0 aromatic carbocycles. The van der Waals surface area contributed by atoms with Gasteiger partial charge in [-0.25, -0.2) is 0 Å². The molecular formula is C42H79NO10. The molecule has 1 rings (SSSR count). The van der Waals surface area contributed by atoms with Gasteiger partial charge in [-0.1, -0.05) is 141 Å². The number of ether oxygens (including phenoxy) is 2. The molecule has 11 heteroatoms.